The van der Waals surface area contributed by atoms with Gasteiger partial charge in [-0.15, -0.1) is 0 Å². The van der Waals surface area contributed by atoms with Gasteiger partial charge < -0.3 is 5.32 Å². The van der Waals surface area contributed by atoms with Crippen LogP contribution in [-0.2, 0) is 6.42 Å². The van der Waals surface area contributed by atoms with Gasteiger partial charge in [-0.1, -0.05) is 12.5 Å². The van der Waals surface area contributed by atoms with E-state index in [2.05, 4.69) is 23.4 Å². The Balaban J connectivity index is 1.64. The molecule has 0 aromatic carbocycles. The Morgan fingerprint density at radius 3 is 2.88 bits per heavy atom. The highest BCUT2D eigenvalue weighted by Crippen LogP contribution is 2.59. The molecule has 2 nitrogen and oxygen atoms in total. The molecule has 2 heteroatoms. The number of fused-ring (bicyclic) bond motifs is 1. The third-order valence-electron chi connectivity index (χ3n) is 4.49. The lowest BCUT2D eigenvalue weighted by molar-refractivity contribution is 0.428. The van der Waals surface area contributed by atoms with Crippen LogP contribution in [0.4, 0.5) is 0 Å². The minimum Gasteiger partial charge on any atom is -0.316 e. The molecule has 1 aromatic rings. The molecule has 3 atom stereocenters. The molecule has 2 aliphatic rings. The van der Waals surface area contributed by atoms with Crippen molar-refractivity contribution in [1.29, 1.82) is 0 Å². The van der Waals surface area contributed by atoms with Crippen molar-refractivity contribution in [3.63, 3.8) is 0 Å². The molecule has 2 saturated carbocycles. The van der Waals surface area contributed by atoms with Crippen LogP contribution in [0.5, 0.6) is 0 Å². The van der Waals surface area contributed by atoms with Crippen molar-refractivity contribution in [2.24, 2.45) is 17.8 Å². The first-order valence-electron chi connectivity index (χ1n) is 6.46. The molecule has 1 aromatic heterocycles. The first kappa shape index (κ1) is 10.3. The van der Waals surface area contributed by atoms with Gasteiger partial charge in [-0.05, 0) is 55.7 Å². The van der Waals surface area contributed by atoms with Gasteiger partial charge in [0, 0.05) is 18.4 Å². The van der Waals surface area contributed by atoms with Crippen LogP contribution in [-0.4, -0.2) is 18.1 Å². The number of pyridine rings is 1. The first-order valence-corrected chi connectivity index (χ1v) is 6.46. The van der Waals surface area contributed by atoms with Crippen molar-refractivity contribution in [3.8, 4) is 0 Å². The maximum Gasteiger partial charge on any atom is 0.0300 e. The standard InChI is InChI=1S/C14H20N2/c1-15-13(8-10-4-3-7-16-9-10)14-11-5-2-6-12(11)14/h3-4,7,9,11-15H,2,5-6,8H2,1H3. The van der Waals surface area contributed by atoms with Gasteiger partial charge in [-0.2, -0.15) is 0 Å². The highest BCUT2D eigenvalue weighted by Gasteiger charge is 2.55. The van der Waals surface area contributed by atoms with Gasteiger partial charge in [0.15, 0.2) is 0 Å². The van der Waals surface area contributed by atoms with Gasteiger partial charge in [-0.3, -0.25) is 4.98 Å². The fraction of sp³-hybridized carbons (Fsp3) is 0.643. The molecule has 2 aliphatic carbocycles. The summed E-state index contributed by atoms with van der Waals surface area (Å²) in [4.78, 5) is 4.20. The second-order valence-corrected chi connectivity index (χ2v) is 5.30. The summed E-state index contributed by atoms with van der Waals surface area (Å²) in [7, 11) is 2.11. The Bertz CT molecular complexity index is 339. The molecule has 0 spiro atoms. The average molecular weight is 216 g/mol. The van der Waals surface area contributed by atoms with E-state index in [0.717, 1.165) is 24.2 Å². The average Bonchev–Trinajstić information content (AvgIpc) is 2.81. The summed E-state index contributed by atoms with van der Waals surface area (Å²) >= 11 is 0. The van der Waals surface area contributed by atoms with Crippen LogP contribution in [0.3, 0.4) is 0 Å². The Labute approximate surface area is 97.5 Å². The number of hydrogen-bond acceptors (Lipinski definition) is 2. The Hall–Kier alpha value is -0.890. The number of likely N-dealkylation sites (N-methyl/N-ethyl adjacent to an activating group) is 1. The molecular weight excluding hydrogens is 196 g/mol. The zero-order valence-corrected chi connectivity index (χ0v) is 9.89. The molecule has 0 amide bonds. The summed E-state index contributed by atoms with van der Waals surface area (Å²) in [6, 6.07) is 4.89. The van der Waals surface area contributed by atoms with Gasteiger partial charge in [0.2, 0.25) is 0 Å². The van der Waals surface area contributed by atoms with Crippen LogP contribution in [0, 0.1) is 17.8 Å². The van der Waals surface area contributed by atoms with Crippen LogP contribution >= 0.6 is 0 Å². The minimum absolute atomic E-state index is 0.666. The summed E-state index contributed by atoms with van der Waals surface area (Å²) < 4.78 is 0. The number of aromatic nitrogens is 1. The largest absolute Gasteiger partial charge is 0.316 e. The number of nitrogens with one attached hydrogen (secondary N) is 1. The molecule has 0 aliphatic heterocycles. The SMILES string of the molecule is CNC(Cc1cccnc1)C1C2CCCC21. The van der Waals surface area contributed by atoms with Crippen LogP contribution in [0.15, 0.2) is 24.5 Å². The van der Waals surface area contributed by atoms with Crippen molar-refractivity contribution in [1.82, 2.24) is 10.3 Å². The maximum atomic E-state index is 4.20. The summed E-state index contributed by atoms with van der Waals surface area (Å²) in [6.45, 7) is 0. The molecule has 0 saturated heterocycles. The van der Waals surface area contributed by atoms with Gasteiger partial charge in [-0.25, -0.2) is 0 Å². The van der Waals surface area contributed by atoms with E-state index in [1.807, 2.05) is 18.5 Å². The third-order valence-corrected chi connectivity index (χ3v) is 4.49. The zero-order chi connectivity index (χ0) is 11.0. The van der Waals surface area contributed by atoms with E-state index in [-0.39, 0.29) is 0 Å². The highest BCUT2D eigenvalue weighted by atomic mass is 14.9. The number of hydrogen-bond donors (Lipinski definition) is 1. The van der Waals surface area contributed by atoms with Gasteiger partial charge in [0.1, 0.15) is 0 Å². The monoisotopic (exact) mass is 216 g/mol. The van der Waals surface area contributed by atoms with Crippen LogP contribution in [0.25, 0.3) is 0 Å². The Morgan fingerprint density at radius 2 is 2.25 bits per heavy atom. The molecule has 1 heterocycles. The van der Waals surface area contributed by atoms with Crippen molar-refractivity contribution in [3.05, 3.63) is 30.1 Å². The molecule has 3 rings (SSSR count). The molecule has 0 bridgehead atoms. The fourth-order valence-electron chi connectivity index (χ4n) is 3.68. The summed E-state index contributed by atoms with van der Waals surface area (Å²) in [6.07, 6.45) is 9.41. The van der Waals surface area contributed by atoms with Gasteiger partial charge in [0.05, 0.1) is 0 Å². The molecular formula is C14H20N2. The Kier molecular flexibility index (Phi) is 2.68. The van der Waals surface area contributed by atoms with E-state index in [0.29, 0.717) is 6.04 Å². The van der Waals surface area contributed by atoms with E-state index >= 15 is 0 Å². The maximum absolute atomic E-state index is 4.20. The lowest BCUT2D eigenvalue weighted by Gasteiger charge is -2.18. The lowest BCUT2D eigenvalue weighted by atomic mass is 9.98. The number of nitrogens with zero attached hydrogens (tertiary/aromatic N) is 1. The molecule has 2 fully saturated rings. The van der Waals surface area contributed by atoms with Crippen LogP contribution in [0.2, 0.25) is 0 Å². The van der Waals surface area contributed by atoms with E-state index in [4.69, 9.17) is 0 Å². The number of rotatable bonds is 4. The van der Waals surface area contributed by atoms with Crippen LogP contribution in [0.1, 0.15) is 24.8 Å². The van der Waals surface area contributed by atoms with E-state index in [9.17, 15) is 0 Å². The first-order chi connectivity index (χ1) is 7.90. The molecule has 0 radical (unpaired) electrons. The van der Waals surface area contributed by atoms with E-state index < -0.39 is 0 Å². The molecule has 86 valence electrons. The van der Waals surface area contributed by atoms with Crippen molar-refractivity contribution < 1.29 is 0 Å². The summed E-state index contributed by atoms with van der Waals surface area (Å²) in [5, 5.41) is 3.51. The summed E-state index contributed by atoms with van der Waals surface area (Å²) in [5.74, 6) is 3.02. The summed E-state index contributed by atoms with van der Waals surface area (Å²) in [5.41, 5.74) is 1.37. The van der Waals surface area contributed by atoms with Gasteiger partial charge in [0.25, 0.3) is 0 Å². The van der Waals surface area contributed by atoms with Crippen molar-refractivity contribution in [2.45, 2.75) is 31.7 Å². The van der Waals surface area contributed by atoms with Crippen LogP contribution < -0.4 is 5.32 Å². The predicted molar refractivity (Wildman–Crippen MR) is 65.1 cm³/mol. The van der Waals surface area contributed by atoms with Crippen molar-refractivity contribution >= 4 is 0 Å². The van der Waals surface area contributed by atoms with E-state index in [1.54, 1.807) is 0 Å². The van der Waals surface area contributed by atoms with Crippen molar-refractivity contribution in [2.75, 3.05) is 7.05 Å². The highest BCUT2D eigenvalue weighted by molar-refractivity contribution is 5.14. The predicted octanol–water partition coefficient (Wildman–Crippen LogP) is 2.26. The third kappa shape index (κ3) is 1.75. The Morgan fingerprint density at radius 1 is 1.44 bits per heavy atom. The smallest absolute Gasteiger partial charge is 0.0300 e. The quantitative estimate of drug-likeness (QED) is 0.835. The molecule has 16 heavy (non-hydrogen) atoms. The second-order valence-electron chi connectivity index (χ2n) is 5.30. The zero-order valence-electron chi connectivity index (χ0n) is 9.89. The van der Waals surface area contributed by atoms with E-state index in [1.165, 1.54) is 24.8 Å². The minimum atomic E-state index is 0.666. The van der Waals surface area contributed by atoms with Gasteiger partial charge >= 0.3 is 0 Å². The fourth-order valence-corrected chi connectivity index (χ4v) is 3.68. The topological polar surface area (TPSA) is 24.9 Å². The second kappa shape index (κ2) is 4.17. The normalized spacial score (nSPS) is 33.4. The molecule has 1 N–H and O–H groups in total. The lowest BCUT2D eigenvalue weighted by Crippen LogP contribution is -2.31. The molecule has 3 unspecified atom stereocenters.